The van der Waals surface area contributed by atoms with Crippen LogP contribution in [0, 0.1) is 11.6 Å². The number of halogens is 2. The number of fused-ring (bicyclic) bond motifs is 2. The first kappa shape index (κ1) is 85.4. The van der Waals surface area contributed by atoms with Crippen LogP contribution < -0.4 is 39.9 Å². The number of carboxylic acids is 2. The number of cyclic esters (lactones) is 2. The van der Waals surface area contributed by atoms with Crippen LogP contribution in [-0.2, 0) is 86.6 Å². The fourth-order valence-electron chi connectivity index (χ4n) is 10.4. The molecule has 7 heterocycles. The van der Waals surface area contributed by atoms with Gasteiger partial charge in [0.1, 0.15) is 76.9 Å². The zero-order valence-corrected chi connectivity index (χ0v) is 64.5. The number of aliphatic carboxylic acids is 2. The molecule has 0 amide bonds. The van der Waals surface area contributed by atoms with Crippen LogP contribution in [0.5, 0.6) is 46.0 Å². The number of carbonyl (C=O) groups is 8. The molecule has 1 fully saturated rings. The molecule has 1 aliphatic heterocycles. The third-order valence-electron chi connectivity index (χ3n) is 15.9. The number of Topliss-reactive ketones (excluding diaryl/α,β-unsaturated/α-hetero) is 4. The Bertz CT molecular complexity index is 5170. The number of nitrogens with two attached hydrogens (primary N) is 2. The molecule has 26 nitrogen and oxygen atoms in total. The van der Waals surface area contributed by atoms with Gasteiger partial charge in [0.15, 0.2) is 23.1 Å². The van der Waals surface area contributed by atoms with E-state index in [4.69, 9.17) is 50.1 Å². The predicted octanol–water partition coefficient (Wildman–Crippen LogP) is 15.2. The Labute approximate surface area is 656 Å². The summed E-state index contributed by atoms with van der Waals surface area (Å²) in [5.41, 5.74) is 18.2. The SMILES string of the molecule is CC1(C)OC(=O)CC(=O)O1.CCn1cnc(-c2cc3nccc(Oc4ccc(CC(=O)CC(=O)Cc5ccc(OC)cc5)cc4F)c3s2)c1.CCn1cnc(-c2cc3nccc(Oc4ccc(N)cc4F)c3s2)c1.COc1ccc(CC(=O)CC(=O)O)cc1.COc1ccc(CC(=O)CC(=O)O)cc1.COc1ccc(N)cc1. The lowest BCUT2D eigenvalue weighted by Crippen LogP contribution is -2.39. The zero-order valence-electron chi connectivity index (χ0n) is 62.9. The van der Waals surface area contributed by atoms with E-state index in [0.717, 1.165) is 82.8 Å². The van der Waals surface area contributed by atoms with Gasteiger partial charge in [0.25, 0.3) is 5.79 Å². The van der Waals surface area contributed by atoms with Crippen molar-refractivity contribution < 1.29 is 95.2 Å². The van der Waals surface area contributed by atoms with Gasteiger partial charge in [-0.3, -0.25) is 48.3 Å². The maximum absolute atomic E-state index is 15.0. The van der Waals surface area contributed by atoms with Crippen molar-refractivity contribution in [1.82, 2.24) is 29.1 Å². The number of esters is 2. The van der Waals surface area contributed by atoms with Crippen molar-refractivity contribution >= 4 is 101 Å². The summed E-state index contributed by atoms with van der Waals surface area (Å²) < 4.78 is 75.6. The Balaban J connectivity index is 0.000000185. The minimum atomic E-state index is -1.09. The van der Waals surface area contributed by atoms with E-state index in [1.165, 1.54) is 60.8 Å². The highest BCUT2D eigenvalue weighted by Crippen LogP contribution is 2.41. The topological polar surface area (TPSA) is 364 Å². The number of ketones is 4. The summed E-state index contributed by atoms with van der Waals surface area (Å²) in [6.45, 7) is 8.82. The molecule has 0 saturated carbocycles. The van der Waals surface area contributed by atoms with Crippen LogP contribution in [0.25, 0.3) is 41.6 Å². The lowest BCUT2D eigenvalue weighted by Gasteiger charge is -2.28. The van der Waals surface area contributed by atoms with Gasteiger partial charge < -0.3 is 68.7 Å². The highest BCUT2D eigenvalue weighted by molar-refractivity contribution is 7.23. The van der Waals surface area contributed by atoms with Crippen LogP contribution >= 0.6 is 22.7 Å². The summed E-state index contributed by atoms with van der Waals surface area (Å²) in [6.07, 6.45) is 9.89. The molecular weight excluding hydrogens is 1500 g/mol. The number of ether oxygens (including phenoxy) is 8. The van der Waals surface area contributed by atoms with Crippen LogP contribution in [0.15, 0.2) is 195 Å². The number of hydrogen-bond donors (Lipinski definition) is 4. The number of anilines is 2. The number of pyridine rings is 2. The lowest BCUT2D eigenvalue weighted by atomic mass is 10.0. The van der Waals surface area contributed by atoms with E-state index < -0.39 is 54.1 Å². The van der Waals surface area contributed by atoms with Crippen molar-refractivity contribution in [2.24, 2.45) is 0 Å². The molecule has 0 atom stereocenters. The lowest BCUT2D eigenvalue weighted by molar-refractivity contribution is -0.231. The second kappa shape index (κ2) is 41.5. The Morgan fingerprint density at radius 1 is 0.460 bits per heavy atom. The summed E-state index contributed by atoms with van der Waals surface area (Å²) in [6, 6.07) is 44.5. The van der Waals surface area contributed by atoms with Crippen LogP contribution in [-0.4, -0.2) is 121 Å². The molecule has 1 aliphatic rings. The van der Waals surface area contributed by atoms with Gasteiger partial charge in [-0.15, -0.1) is 22.7 Å². The van der Waals surface area contributed by atoms with E-state index in [2.05, 4.69) is 36.3 Å². The van der Waals surface area contributed by atoms with Gasteiger partial charge in [-0.25, -0.2) is 18.7 Å². The number of aromatic nitrogens is 6. The standard InChI is InChI=1S/C30H26FN3O4S.C18H15FN4OS.2C11H12O4.C7H9NO.C6H8O4/c1-3-34-17-26(33-18-34)29-16-25-30(39-29)28(10-11-32-25)38-27-9-6-20(14-24(27)31)13-22(36)15-21(35)12-19-4-7-23(37-2)8-5-19;1-2-23-9-14(22-10-23)17-8-13-18(25-17)16(5-6-21-13)24-15-4-3-11(20)7-12(15)19;2*1-15-10-4-2-8(3-5-10)6-9(12)7-11(13)14;1-9-7-4-2-6(8)3-5-7;1-6(2)9-4(7)3-5(8)10-6/h4-11,14,16-18H,3,12-13,15H2,1-2H3;3-10H,2,20H2,1H3;2*2-5H,6-7H2,1H3,(H,13,14);2-5H,8H2,1H3;3H2,1-2H3. The number of aryl methyl sites for hydroxylation is 2. The fraction of sp³-hybridized carbons (Fsp3) is 0.229. The molecule has 0 unspecified atom stereocenters. The number of rotatable bonds is 26. The minimum Gasteiger partial charge on any atom is -0.497 e. The number of hydrogen-bond acceptors (Lipinski definition) is 24. The molecule has 0 spiro atoms. The minimum absolute atomic E-state index is 0.0379. The van der Waals surface area contributed by atoms with Gasteiger partial charge in [0.05, 0.1) is 89.1 Å². The number of thiophene rings is 2. The van der Waals surface area contributed by atoms with Crippen LogP contribution in [0.3, 0.4) is 0 Å². The molecule has 0 aliphatic carbocycles. The molecule has 1 saturated heterocycles. The third kappa shape index (κ3) is 27.1. The van der Waals surface area contributed by atoms with Gasteiger partial charge in [-0.05, 0) is 133 Å². The Morgan fingerprint density at radius 3 is 1.15 bits per heavy atom. The summed E-state index contributed by atoms with van der Waals surface area (Å²) >= 11 is 3.00. The van der Waals surface area contributed by atoms with Gasteiger partial charge >= 0.3 is 23.9 Å². The predicted molar refractivity (Wildman–Crippen MR) is 422 cm³/mol. The van der Waals surface area contributed by atoms with E-state index >= 15 is 0 Å². The monoisotopic (exact) mass is 1580 g/mol. The van der Waals surface area contributed by atoms with E-state index in [-0.39, 0.29) is 73.2 Å². The first-order chi connectivity index (χ1) is 54.1. The molecule has 6 aromatic heterocycles. The normalized spacial score (nSPS) is 11.6. The largest absolute Gasteiger partial charge is 0.497 e. The van der Waals surface area contributed by atoms with Gasteiger partial charge in [-0.2, -0.15) is 0 Å². The van der Waals surface area contributed by atoms with E-state index in [1.54, 1.807) is 163 Å². The van der Waals surface area contributed by atoms with Crippen LogP contribution in [0.4, 0.5) is 20.2 Å². The maximum Gasteiger partial charge on any atom is 0.320 e. The quantitative estimate of drug-likeness (QED) is 0.0222. The summed E-state index contributed by atoms with van der Waals surface area (Å²) in [5.74, 6) is -2.28. The van der Waals surface area contributed by atoms with Crippen LogP contribution in [0.1, 0.15) is 75.6 Å². The smallest absolute Gasteiger partial charge is 0.320 e. The molecule has 113 heavy (non-hydrogen) atoms. The Morgan fingerprint density at radius 2 is 0.805 bits per heavy atom. The van der Waals surface area contributed by atoms with Gasteiger partial charge in [0, 0.05) is 107 Å². The highest BCUT2D eigenvalue weighted by Gasteiger charge is 2.34. The molecule has 13 rings (SSSR count). The first-order valence-electron chi connectivity index (χ1n) is 34.8. The average Bonchev–Trinajstić information content (AvgIpc) is 1.66. The van der Waals surface area contributed by atoms with E-state index in [9.17, 15) is 47.1 Å². The number of nitrogen functional groups attached to an aromatic ring is 2. The summed E-state index contributed by atoms with van der Waals surface area (Å²) in [7, 11) is 6.32. The number of nitrogens with zero attached hydrogens (tertiary/aromatic N) is 6. The Kier molecular flexibility index (Phi) is 31.4. The van der Waals surface area contributed by atoms with Crippen molar-refractivity contribution in [3.8, 4) is 67.1 Å². The van der Waals surface area contributed by atoms with Crippen molar-refractivity contribution in [2.45, 2.75) is 97.9 Å². The van der Waals surface area contributed by atoms with Crippen molar-refractivity contribution in [3.63, 3.8) is 0 Å². The fourth-order valence-corrected chi connectivity index (χ4v) is 12.5. The van der Waals surface area contributed by atoms with Crippen LogP contribution in [0.2, 0.25) is 0 Å². The highest BCUT2D eigenvalue weighted by atomic mass is 32.1. The van der Waals surface area contributed by atoms with Crippen molar-refractivity contribution in [3.05, 3.63) is 229 Å². The molecule has 0 bridgehead atoms. The number of carboxylic acid groups (broad SMARTS) is 2. The third-order valence-corrected chi connectivity index (χ3v) is 18.3. The number of methoxy groups -OCH3 is 4. The zero-order chi connectivity index (χ0) is 81.7. The average molecular weight is 1580 g/mol. The molecule has 12 aromatic rings. The van der Waals surface area contributed by atoms with Crippen molar-refractivity contribution in [2.75, 3.05) is 39.9 Å². The molecule has 6 aromatic carbocycles. The molecule has 0 radical (unpaired) electrons. The van der Waals surface area contributed by atoms with Gasteiger partial charge in [0.2, 0.25) is 0 Å². The second-order valence-electron chi connectivity index (χ2n) is 25.1. The molecule has 588 valence electrons. The van der Waals surface area contributed by atoms with Gasteiger partial charge in [-0.1, -0.05) is 42.5 Å². The van der Waals surface area contributed by atoms with E-state index in [0.29, 0.717) is 40.0 Å². The second-order valence-corrected chi connectivity index (χ2v) is 27.2. The number of benzene rings is 6. The summed E-state index contributed by atoms with van der Waals surface area (Å²) in [4.78, 5) is 108. The maximum atomic E-state index is 15.0. The number of imidazole rings is 2. The van der Waals surface area contributed by atoms with Crippen molar-refractivity contribution in [1.29, 1.82) is 0 Å². The summed E-state index contributed by atoms with van der Waals surface area (Å²) in [5, 5.41) is 16.8. The first-order valence-corrected chi connectivity index (χ1v) is 36.5. The molecule has 30 heteroatoms. The number of carbonyl (C=O) groups excluding carboxylic acids is 6. The van der Waals surface area contributed by atoms with E-state index in [1.807, 2.05) is 52.7 Å². The molecular formula is C83H82F2N8O18S2. The Hall–Kier alpha value is -13.2. The molecule has 6 N–H and O–H groups in total.